The number of aromatic nitrogens is 1. The Bertz CT molecular complexity index is 1240. The number of rotatable bonds is 5. The SMILES string of the molecule is CON=C1CCc2cc(-c3cc(-c4ccc(OC)cc4)oc3-c3ccncc3)ccc21. The molecule has 1 aliphatic rings. The van der Waals surface area contributed by atoms with Crippen LogP contribution in [-0.2, 0) is 11.3 Å². The van der Waals surface area contributed by atoms with Crippen LogP contribution >= 0.6 is 0 Å². The number of pyridine rings is 1. The van der Waals surface area contributed by atoms with Crippen LogP contribution in [0.15, 0.2) is 82.6 Å². The topological polar surface area (TPSA) is 56.9 Å². The van der Waals surface area contributed by atoms with E-state index in [0.717, 1.165) is 63.6 Å². The van der Waals surface area contributed by atoms with Gasteiger partial charge in [-0.1, -0.05) is 23.4 Å². The van der Waals surface area contributed by atoms with Crippen molar-refractivity contribution in [3.05, 3.63) is 84.2 Å². The van der Waals surface area contributed by atoms with E-state index in [1.807, 2.05) is 36.4 Å². The molecule has 154 valence electrons. The van der Waals surface area contributed by atoms with Gasteiger partial charge >= 0.3 is 0 Å². The van der Waals surface area contributed by atoms with Crippen LogP contribution in [0.4, 0.5) is 0 Å². The lowest BCUT2D eigenvalue weighted by atomic mass is 9.98. The minimum atomic E-state index is 0.812. The van der Waals surface area contributed by atoms with E-state index in [4.69, 9.17) is 14.0 Å². The number of aryl methyl sites for hydroxylation is 1. The first-order valence-corrected chi connectivity index (χ1v) is 10.2. The highest BCUT2D eigenvalue weighted by Crippen LogP contribution is 2.40. The van der Waals surface area contributed by atoms with Gasteiger partial charge in [-0.15, -0.1) is 0 Å². The molecular formula is C26H22N2O3. The van der Waals surface area contributed by atoms with Crippen LogP contribution in [0.1, 0.15) is 17.5 Å². The fraction of sp³-hybridized carbons (Fsp3) is 0.154. The molecule has 0 radical (unpaired) electrons. The Morgan fingerprint density at radius 2 is 1.58 bits per heavy atom. The molecule has 0 saturated heterocycles. The number of hydrogen-bond acceptors (Lipinski definition) is 5. The first-order valence-electron chi connectivity index (χ1n) is 10.2. The summed E-state index contributed by atoms with van der Waals surface area (Å²) in [5.74, 6) is 2.46. The predicted molar refractivity (Wildman–Crippen MR) is 121 cm³/mol. The third-order valence-corrected chi connectivity index (χ3v) is 5.61. The second-order valence-corrected chi connectivity index (χ2v) is 7.41. The molecule has 1 aliphatic carbocycles. The van der Waals surface area contributed by atoms with E-state index >= 15 is 0 Å². The first-order chi connectivity index (χ1) is 15.3. The molecule has 4 aromatic rings. The van der Waals surface area contributed by atoms with Crippen LogP contribution in [0.5, 0.6) is 5.75 Å². The minimum Gasteiger partial charge on any atom is -0.497 e. The molecule has 0 spiro atoms. The van der Waals surface area contributed by atoms with Crippen molar-refractivity contribution < 1.29 is 14.0 Å². The highest BCUT2D eigenvalue weighted by molar-refractivity contribution is 6.04. The van der Waals surface area contributed by atoms with Gasteiger partial charge in [0.2, 0.25) is 0 Å². The summed E-state index contributed by atoms with van der Waals surface area (Å²) in [6, 6.07) is 20.4. The van der Waals surface area contributed by atoms with Gasteiger partial charge in [-0.2, -0.15) is 0 Å². The fourth-order valence-electron chi connectivity index (χ4n) is 4.06. The average Bonchev–Trinajstić information content (AvgIpc) is 3.44. The third kappa shape index (κ3) is 3.59. The van der Waals surface area contributed by atoms with Crippen molar-refractivity contribution in [1.82, 2.24) is 4.98 Å². The van der Waals surface area contributed by atoms with Crippen LogP contribution in [0.25, 0.3) is 33.8 Å². The van der Waals surface area contributed by atoms with Gasteiger partial charge in [0.1, 0.15) is 24.4 Å². The van der Waals surface area contributed by atoms with Crippen molar-refractivity contribution in [3.63, 3.8) is 0 Å². The maximum Gasteiger partial charge on any atom is 0.142 e. The van der Waals surface area contributed by atoms with Crippen LogP contribution in [0, 0.1) is 0 Å². The Labute approximate surface area is 181 Å². The Morgan fingerprint density at radius 3 is 2.32 bits per heavy atom. The monoisotopic (exact) mass is 410 g/mol. The normalized spacial score (nSPS) is 13.9. The summed E-state index contributed by atoms with van der Waals surface area (Å²) in [6.07, 6.45) is 5.42. The maximum atomic E-state index is 6.38. The summed E-state index contributed by atoms with van der Waals surface area (Å²) in [5.41, 5.74) is 7.61. The molecule has 0 atom stereocenters. The van der Waals surface area contributed by atoms with Gasteiger partial charge in [-0.25, -0.2) is 0 Å². The number of ether oxygens (including phenoxy) is 1. The second-order valence-electron chi connectivity index (χ2n) is 7.41. The lowest BCUT2D eigenvalue weighted by molar-refractivity contribution is 0.213. The number of hydrogen-bond donors (Lipinski definition) is 0. The molecule has 0 bridgehead atoms. The largest absolute Gasteiger partial charge is 0.497 e. The van der Waals surface area contributed by atoms with Crippen molar-refractivity contribution in [2.45, 2.75) is 12.8 Å². The van der Waals surface area contributed by atoms with Gasteiger partial charge in [0.15, 0.2) is 0 Å². The molecule has 2 aromatic carbocycles. The molecule has 0 saturated carbocycles. The summed E-state index contributed by atoms with van der Waals surface area (Å²) in [5, 5.41) is 4.17. The van der Waals surface area contributed by atoms with Gasteiger partial charge in [0.05, 0.1) is 12.8 Å². The summed E-state index contributed by atoms with van der Waals surface area (Å²) in [4.78, 5) is 9.15. The van der Waals surface area contributed by atoms with E-state index in [0.29, 0.717) is 0 Å². The molecule has 2 aromatic heterocycles. The van der Waals surface area contributed by atoms with Gasteiger partial charge < -0.3 is 14.0 Å². The van der Waals surface area contributed by atoms with Gasteiger partial charge in [-0.05, 0) is 66.4 Å². The molecule has 0 aliphatic heterocycles. The standard InChI is InChI=1S/C26H22N2O3/c1-29-21-7-3-17(4-8-21)25-16-23(26(31-25)18-11-13-27-14-12-18)20-5-9-22-19(15-20)6-10-24(22)28-30-2/h3-5,7-9,11-16H,6,10H2,1-2H3. The lowest BCUT2D eigenvalue weighted by Gasteiger charge is -2.06. The molecule has 0 unspecified atom stereocenters. The minimum absolute atomic E-state index is 0.812. The first kappa shape index (κ1) is 19.1. The van der Waals surface area contributed by atoms with E-state index in [2.05, 4.69) is 34.4 Å². The summed E-state index contributed by atoms with van der Waals surface area (Å²) in [6.45, 7) is 0. The molecular weight excluding hydrogens is 388 g/mol. The zero-order chi connectivity index (χ0) is 21.2. The van der Waals surface area contributed by atoms with E-state index in [-0.39, 0.29) is 0 Å². The summed E-state index contributed by atoms with van der Waals surface area (Å²) < 4.78 is 11.7. The average molecular weight is 410 g/mol. The van der Waals surface area contributed by atoms with Crippen molar-refractivity contribution in [2.75, 3.05) is 14.2 Å². The number of methoxy groups -OCH3 is 1. The van der Waals surface area contributed by atoms with Gasteiger partial charge in [0.25, 0.3) is 0 Å². The molecule has 31 heavy (non-hydrogen) atoms. The summed E-state index contributed by atoms with van der Waals surface area (Å²) in [7, 11) is 3.25. The van der Waals surface area contributed by atoms with Crippen LogP contribution in [0.3, 0.4) is 0 Å². The Morgan fingerprint density at radius 1 is 0.806 bits per heavy atom. The molecule has 5 heteroatoms. The van der Waals surface area contributed by atoms with Crippen molar-refractivity contribution >= 4 is 5.71 Å². The van der Waals surface area contributed by atoms with Crippen LogP contribution in [0.2, 0.25) is 0 Å². The van der Waals surface area contributed by atoms with Crippen molar-refractivity contribution in [3.8, 4) is 39.5 Å². The highest BCUT2D eigenvalue weighted by atomic mass is 16.6. The van der Waals surface area contributed by atoms with E-state index in [1.165, 1.54) is 5.56 Å². The maximum absolute atomic E-state index is 6.38. The van der Waals surface area contributed by atoms with E-state index in [1.54, 1.807) is 26.6 Å². The van der Waals surface area contributed by atoms with Crippen LogP contribution < -0.4 is 4.74 Å². The molecule has 2 heterocycles. The Hall–Kier alpha value is -3.86. The molecule has 5 rings (SSSR count). The molecule has 0 amide bonds. The second kappa shape index (κ2) is 8.11. The number of fused-ring (bicyclic) bond motifs is 1. The molecule has 5 nitrogen and oxygen atoms in total. The number of furan rings is 1. The van der Waals surface area contributed by atoms with Gasteiger partial charge in [0, 0.05) is 34.6 Å². The zero-order valence-corrected chi connectivity index (χ0v) is 17.5. The third-order valence-electron chi connectivity index (χ3n) is 5.61. The Kier molecular flexibility index (Phi) is 5.00. The zero-order valence-electron chi connectivity index (χ0n) is 17.5. The van der Waals surface area contributed by atoms with Gasteiger partial charge in [-0.3, -0.25) is 4.98 Å². The Balaban J connectivity index is 1.62. The van der Waals surface area contributed by atoms with Crippen molar-refractivity contribution in [2.24, 2.45) is 5.16 Å². The smallest absolute Gasteiger partial charge is 0.142 e. The number of oxime groups is 1. The highest BCUT2D eigenvalue weighted by Gasteiger charge is 2.21. The quantitative estimate of drug-likeness (QED) is 0.380. The van der Waals surface area contributed by atoms with E-state index < -0.39 is 0 Å². The van der Waals surface area contributed by atoms with Crippen LogP contribution in [-0.4, -0.2) is 24.9 Å². The predicted octanol–water partition coefficient (Wildman–Crippen LogP) is 5.98. The van der Waals surface area contributed by atoms with E-state index in [9.17, 15) is 0 Å². The lowest BCUT2D eigenvalue weighted by Crippen LogP contribution is -1.95. The number of nitrogens with zero attached hydrogens (tertiary/aromatic N) is 2. The fourth-order valence-corrected chi connectivity index (χ4v) is 4.06. The molecule has 0 N–H and O–H groups in total. The summed E-state index contributed by atoms with van der Waals surface area (Å²) >= 11 is 0. The van der Waals surface area contributed by atoms with Crippen molar-refractivity contribution in [1.29, 1.82) is 0 Å². The molecule has 0 fully saturated rings. The number of benzene rings is 2.